The van der Waals surface area contributed by atoms with Crippen LogP contribution in [0.25, 0.3) is 5.57 Å². The molecule has 1 aliphatic rings. The molecule has 1 atom stereocenters. The van der Waals surface area contributed by atoms with E-state index in [1.54, 1.807) is 0 Å². The van der Waals surface area contributed by atoms with Gasteiger partial charge in [0.2, 0.25) is 0 Å². The highest BCUT2D eigenvalue weighted by Crippen LogP contribution is 2.28. The van der Waals surface area contributed by atoms with Gasteiger partial charge in [0.1, 0.15) is 0 Å². The smallest absolute Gasteiger partial charge is 0.0238 e. The first-order valence-electron chi connectivity index (χ1n) is 7.47. The summed E-state index contributed by atoms with van der Waals surface area (Å²) in [6, 6.07) is 8.61. The zero-order chi connectivity index (χ0) is 14.5. The van der Waals surface area contributed by atoms with Gasteiger partial charge < -0.3 is 4.90 Å². The summed E-state index contributed by atoms with van der Waals surface area (Å²) in [4.78, 5) is 2.31. The molecule has 0 amide bonds. The van der Waals surface area contributed by atoms with Crippen molar-refractivity contribution in [2.75, 3.05) is 13.1 Å². The fourth-order valence-electron chi connectivity index (χ4n) is 2.84. The molecule has 1 nitrogen and oxygen atoms in total. The molecule has 1 fully saturated rings. The van der Waals surface area contributed by atoms with Crippen LogP contribution < -0.4 is 0 Å². The van der Waals surface area contributed by atoms with Crippen LogP contribution in [0, 0.1) is 12.8 Å². The SMILES string of the molecule is C=CN1CCC(/C(=C/C(=C)c2ccc(C)cc2)CC)C1. The van der Waals surface area contributed by atoms with E-state index in [9.17, 15) is 0 Å². The summed E-state index contributed by atoms with van der Waals surface area (Å²) in [6.07, 6.45) is 6.58. The quantitative estimate of drug-likeness (QED) is 0.692. The average molecular weight is 267 g/mol. The van der Waals surface area contributed by atoms with Crippen molar-refractivity contribution in [3.63, 3.8) is 0 Å². The summed E-state index contributed by atoms with van der Waals surface area (Å²) in [5.41, 5.74) is 5.15. The largest absolute Gasteiger partial charge is 0.377 e. The van der Waals surface area contributed by atoms with Gasteiger partial charge in [0.15, 0.2) is 0 Å². The highest BCUT2D eigenvalue weighted by molar-refractivity contribution is 5.72. The number of rotatable bonds is 5. The highest BCUT2D eigenvalue weighted by Gasteiger charge is 2.22. The van der Waals surface area contributed by atoms with Crippen LogP contribution in [0.15, 0.2) is 55.3 Å². The lowest BCUT2D eigenvalue weighted by atomic mass is 9.92. The third-order valence-corrected chi connectivity index (χ3v) is 4.19. The lowest BCUT2D eigenvalue weighted by molar-refractivity contribution is 0.452. The van der Waals surface area contributed by atoms with Crippen molar-refractivity contribution >= 4 is 5.57 Å². The van der Waals surface area contributed by atoms with Gasteiger partial charge in [0, 0.05) is 13.1 Å². The van der Waals surface area contributed by atoms with Gasteiger partial charge in [-0.25, -0.2) is 0 Å². The number of benzene rings is 1. The Hall–Kier alpha value is -1.76. The van der Waals surface area contributed by atoms with Gasteiger partial charge in [-0.1, -0.05) is 61.6 Å². The molecule has 0 aromatic heterocycles. The maximum Gasteiger partial charge on any atom is 0.0238 e. The number of allylic oxidation sites excluding steroid dienone is 2. The molecule has 1 heteroatoms. The number of nitrogens with zero attached hydrogens (tertiary/aromatic N) is 1. The first-order valence-corrected chi connectivity index (χ1v) is 7.47. The average Bonchev–Trinajstić information content (AvgIpc) is 2.94. The molecule has 1 aliphatic heterocycles. The molecule has 1 heterocycles. The van der Waals surface area contributed by atoms with Crippen molar-refractivity contribution in [1.82, 2.24) is 4.90 Å². The zero-order valence-corrected chi connectivity index (χ0v) is 12.7. The molecule has 1 unspecified atom stereocenters. The maximum absolute atomic E-state index is 4.24. The molecule has 2 rings (SSSR count). The van der Waals surface area contributed by atoms with Gasteiger partial charge in [0.05, 0.1) is 0 Å². The molecule has 1 aromatic carbocycles. The molecule has 0 spiro atoms. The topological polar surface area (TPSA) is 3.24 Å². The van der Waals surface area contributed by atoms with Crippen LogP contribution in [0.3, 0.4) is 0 Å². The third-order valence-electron chi connectivity index (χ3n) is 4.19. The van der Waals surface area contributed by atoms with E-state index in [0.717, 1.165) is 25.1 Å². The normalized spacial score (nSPS) is 19.2. The fraction of sp³-hybridized carbons (Fsp3) is 0.368. The first kappa shape index (κ1) is 14.6. The van der Waals surface area contributed by atoms with Gasteiger partial charge in [0.25, 0.3) is 0 Å². The zero-order valence-electron chi connectivity index (χ0n) is 12.7. The number of hydrogen-bond donors (Lipinski definition) is 0. The van der Waals surface area contributed by atoms with E-state index in [2.05, 4.69) is 62.2 Å². The van der Waals surface area contributed by atoms with E-state index in [0.29, 0.717) is 5.92 Å². The molecular formula is C19H25N. The molecule has 0 N–H and O–H groups in total. The Balaban J connectivity index is 2.12. The van der Waals surface area contributed by atoms with Gasteiger partial charge in [-0.2, -0.15) is 0 Å². The summed E-state index contributed by atoms with van der Waals surface area (Å²) >= 11 is 0. The molecule has 0 aliphatic carbocycles. The van der Waals surface area contributed by atoms with Crippen molar-refractivity contribution in [2.24, 2.45) is 5.92 Å². The molecular weight excluding hydrogens is 242 g/mol. The predicted molar refractivity (Wildman–Crippen MR) is 88.5 cm³/mol. The standard InChI is InChI=1S/C19H25N/c1-5-17(19-11-12-20(6-2)14-19)13-16(4)18-9-7-15(3)8-10-18/h6-10,13,19H,2,4-5,11-12,14H2,1,3H3/b17-13+. The second kappa shape index (κ2) is 6.60. The van der Waals surface area contributed by atoms with Crippen LogP contribution in [0.5, 0.6) is 0 Å². The van der Waals surface area contributed by atoms with Crippen LogP contribution in [0.1, 0.15) is 30.9 Å². The fourth-order valence-corrected chi connectivity index (χ4v) is 2.84. The van der Waals surface area contributed by atoms with Crippen molar-refractivity contribution in [3.05, 3.63) is 66.4 Å². The Bertz CT molecular complexity index is 507. The van der Waals surface area contributed by atoms with Crippen LogP contribution in [-0.4, -0.2) is 18.0 Å². The number of hydrogen-bond acceptors (Lipinski definition) is 1. The van der Waals surface area contributed by atoms with E-state index in [4.69, 9.17) is 0 Å². The van der Waals surface area contributed by atoms with Crippen LogP contribution in [-0.2, 0) is 0 Å². The molecule has 20 heavy (non-hydrogen) atoms. The summed E-state index contributed by atoms with van der Waals surface area (Å²) in [5.74, 6) is 0.653. The van der Waals surface area contributed by atoms with E-state index in [-0.39, 0.29) is 0 Å². The maximum atomic E-state index is 4.24. The number of aryl methyl sites for hydroxylation is 1. The molecule has 106 valence electrons. The van der Waals surface area contributed by atoms with E-state index >= 15 is 0 Å². The van der Waals surface area contributed by atoms with E-state index in [1.165, 1.54) is 23.1 Å². The molecule has 0 bridgehead atoms. The molecule has 1 saturated heterocycles. The molecule has 0 radical (unpaired) electrons. The van der Waals surface area contributed by atoms with Crippen LogP contribution in [0.4, 0.5) is 0 Å². The van der Waals surface area contributed by atoms with Crippen molar-refractivity contribution in [3.8, 4) is 0 Å². The van der Waals surface area contributed by atoms with Crippen molar-refractivity contribution < 1.29 is 0 Å². The Labute approximate surface area is 123 Å². The second-order valence-electron chi connectivity index (χ2n) is 5.63. The van der Waals surface area contributed by atoms with Crippen molar-refractivity contribution in [2.45, 2.75) is 26.7 Å². The Morgan fingerprint density at radius 3 is 2.60 bits per heavy atom. The minimum atomic E-state index is 0.653. The van der Waals surface area contributed by atoms with Crippen LogP contribution in [0.2, 0.25) is 0 Å². The summed E-state index contributed by atoms with van der Waals surface area (Å²) in [7, 11) is 0. The Morgan fingerprint density at radius 1 is 1.35 bits per heavy atom. The lowest BCUT2D eigenvalue weighted by Crippen LogP contribution is -2.13. The van der Waals surface area contributed by atoms with Gasteiger partial charge >= 0.3 is 0 Å². The van der Waals surface area contributed by atoms with Gasteiger partial charge in [-0.15, -0.1) is 0 Å². The monoisotopic (exact) mass is 267 g/mol. The Morgan fingerprint density at radius 2 is 2.05 bits per heavy atom. The summed E-state index contributed by atoms with van der Waals surface area (Å²) in [6.45, 7) is 14.7. The molecule has 1 aromatic rings. The van der Waals surface area contributed by atoms with Crippen LogP contribution >= 0.6 is 0 Å². The third kappa shape index (κ3) is 3.41. The molecule has 0 saturated carbocycles. The van der Waals surface area contributed by atoms with Crippen molar-refractivity contribution in [1.29, 1.82) is 0 Å². The predicted octanol–water partition coefficient (Wildman–Crippen LogP) is 4.81. The summed E-state index contributed by atoms with van der Waals surface area (Å²) < 4.78 is 0. The Kier molecular flexibility index (Phi) is 4.84. The summed E-state index contributed by atoms with van der Waals surface area (Å²) in [5, 5.41) is 0. The first-order chi connectivity index (χ1) is 9.63. The second-order valence-corrected chi connectivity index (χ2v) is 5.63. The minimum absolute atomic E-state index is 0.653. The highest BCUT2D eigenvalue weighted by atomic mass is 15.1. The van der Waals surface area contributed by atoms with Gasteiger partial charge in [-0.3, -0.25) is 0 Å². The minimum Gasteiger partial charge on any atom is -0.377 e. The number of likely N-dealkylation sites (tertiary alicyclic amines) is 1. The van der Waals surface area contributed by atoms with Gasteiger partial charge in [-0.05, 0) is 43.0 Å². The lowest BCUT2D eigenvalue weighted by Gasteiger charge is -2.15. The van der Waals surface area contributed by atoms with E-state index in [1.807, 2.05) is 6.20 Å². The van der Waals surface area contributed by atoms with E-state index < -0.39 is 0 Å².